The molecule has 2 aromatic rings. The van der Waals surface area contributed by atoms with Gasteiger partial charge in [0.25, 0.3) is 0 Å². The van der Waals surface area contributed by atoms with Crippen LogP contribution >= 0.6 is 54.5 Å². The lowest BCUT2D eigenvalue weighted by Crippen LogP contribution is -2.21. The van der Waals surface area contributed by atoms with Crippen LogP contribution in [0.3, 0.4) is 0 Å². The lowest BCUT2D eigenvalue weighted by molar-refractivity contribution is 0.518. The molecule has 0 heterocycles. The largest absolute Gasteiger partial charge is 0.309 e. The fourth-order valence-electron chi connectivity index (χ4n) is 2.00. The minimum absolute atomic E-state index is 0.00424. The Bertz CT molecular complexity index is 649. The van der Waals surface area contributed by atoms with Gasteiger partial charge < -0.3 is 5.32 Å². The van der Waals surface area contributed by atoms with Crippen molar-refractivity contribution in [2.24, 2.45) is 0 Å². The molecule has 1 unspecified atom stereocenters. The monoisotopic (exact) mass is 515 g/mol. The number of hydrogen-bond donors (Lipinski definition) is 1. The minimum Gasteiger partial charge on any atom is -0.309 e. The summed E-state index contributed by atoms with van der Waals surface area (Å²) < 4.78 is 30.4. The Kier molecular flexibility index (Phi) is 5.56. The number of rotatable bonds is 3. The summed E-state index contributed by atoms with van der Waals surface area (Å²) in [7, 11) is 1.68. The van der Waals surface area contributed by atoms with Crippen LogP contribution in [0.25, 0.3) is 0 Å². The van der Waals surface area contributed by atoms with Gasteiger partial charge in [-0.25, -0.2) is 8.78 Å². The molecule has 1 atom stereocenters. The minimum atomic E-state index is -0.588. The maximum Gasteiger partial charge on any atom is 0.145 e. The lowest BCUT2D eigenvalue weighted by Gasteiger charge is -2.20. The second kappa shape index (κ2) is 6.81. The molecule has 0 aliphatic rings. The van der Waals surface area contributed by atoms with Crippen molar-refractivity contribution in [2.75, 3.05) is 7.05 Å². The average Bonchev–Trinajstić information content (AvgIpc) is 2.42. The predicted octanol–water partition coefficient (Wildman–Crippen LogP) is 5.40. The summed E-state index contributed by atoms with van der Waals surface area (Å²) in [5.41, 5.74) is 0.792. The summed E-state index contributed by atoms with van der Waals surface area (Å²) in [5.74, 6) is -1.16. The molecule has 0 aliphatic carbocycles. The van der Waals surface area contributed by atoms with Crippen LogP contribution in [0.1, 0.15) is 17.2 Å². The molecule has 1 nitrogen and oxygen atoms in total. The number of benzene rings is 2. The quantitative estimate of drug-likeness (QED) is 0.425. The third-order valence-corrected chi connectivity index (χ3v) is 4.93. The summed E-state index contributed by atoms with van der Waals surface area (Å²) in [5, 5.41) is 2.98. The Hall–Kier alpha value is -0.0500. The molecule has 1 N–H and O–H groups in total. The van der Waals surface area contributed by atoms with Crippen molar-refractivity contribution in [2.45, 2.75) is 6.04 Å². The number of hydrogen-bond acceptors (Lipinski definition) is 1. The Labute approximate surface area is 146 Å². The highest BCUT2D eigenvalue weighted by Gasteiger charge is 2.24. The van der Waals surface area contributed by atoms with E-state index in [0.717, 1.165) is 13.6 Å². The van der Waals surface area contributed by atoms with Gasteiger partial charge in [-0.15, -0.1) is 0 Å². The Morgan fingerprint density at radius 1 is 1.10 bits per heavy atom. The van der Waals surface area contributed by atoms with E-state index in [-0.39, 0.29) is 10.0 Å². The Morgan fingerprint density at radius 2 is 1.75 bits per heavy atom. The van der Waals surface area contributed by atoms with Crippen LogP contribution in [-0.4, -0.2) is 7.05 Å². The van der Waals surface area contributed by atoms with Crippen molar-refractivity contribution >= 4 is 54.5 Å². The topological polar surface area (TPSA) is 12.0 Å². The zero-order valence-corrected chi connectivity index (χ0v) is 15.7. The van der Waals surface area contributed by atoms with Crippen LogP contribution in [0.2, 0.25) is 0 Å². The first-order valence-electron chi connectivity index (χ1n) is 5.71. The zero-order valence-electron chi connectivity index (χ0n) is 10.4. The standard InChI is InChI=1S/C14H10Br2F2IN/c1-20-14(8-6-7(19)2-3-9(8)15)12-11(17)5-4-10(16)13(12)18/h2-6,14,20H,1H3. The normalized spacial score (nSPS) is 12.5. The Morgan fingerprint density at radius 3 is 2.40 bits per heavy atom. The zero-order chi connectivity index (χ0) is 14.9. The predicted molar refractivity (Wildman–Crippen MR) is 91.8 cm³/mol. The average molecular weight is 517 g/mol. The molecule has 0 saturated heterocycles. The van der Waals surface area contributed by atoms with Crippen molar-refractivity contribution in [1.82, 2.24) is 5.32 Å². The van der Waals surface area contributed by atoms with Gasteiger partial charge in [-0.1, -0.05) is 15.9 Å². The molecule has 0 aliphatic heterocycles. The fraction of sp³-hybridized carbons (Fsp3) is 0.143. The van der Waals surface area contributed by atoms with Gasteiger partial charge in [0, 0.05) is 13.6 Å². The molecule has 0 radical (unpaired) electrons. The van der Waals surface area contributed by atoms with E-state index >= 15 is 0 Å². The maximum absolute atomic E-state index is 14.3. The van der Waals surface area contributed by atoms with Crippen LogP contribution in [0.5, 0.6) is 0 Å². The van der Waals surface area contributed by atoms with E-state index in [1.54, 1.807) is 7.05 Å². The van der Waals surface area contributed by atoms with Crippen LogP contribution in [0, 0.1) is 15.2 Å². The molecule has 0 amide bonds. The molecule has 2 aromatic carbocycles. The Balaban J connectivity index is 2.64. The van der Waals surface area contributed by atoms with Gasteiger partial charge in [0.2, 0.25) is 0 Å². The summed E-state index contributed by atoms with van der Waals surface area (Å²) >= 11 is 8.71. The van der Waals surface area contributed by atoms with Gasteiger partial charge in [-0.3, -0.25) is 0 Å². The molecular weight excluding hydrogens is 507 g/mol. The van der Waals surface area contributed by atoms with E-state index in [4.69, 9.17) is 0 Å². The summed E-state index contributed by atoms with van der Waals surface area (Å²) in [6, 6.07) is 7.74. The number of nitrogens with one attached hydrogen (secondary N) is 1. The molecule has 0 saturated carbocycles. The molecule has 2 rings (SSSR count). The van der Waals surface area contributed by atoms with Gasteiger partial charge in [-0.05, 0) is 81.5 Å². The van der Waals surface area contributed by atoms with Gasteiger partial charge in [-0.2, -0.15) is 0 Å². The van der Waals surface area contributed by atoms with Gasteiger partial charge in [0.05, 0.1) is 10.5 Å². The molecule has 0 aromatic heterocycles. The second-order valence-corrected chi connectivity index (χ2v) is 7.10. The van der Waals surface area contributed by atoms with Crippen molar-refractivity contribution < 1.29 is 8.78 Å². The molecule has 0 bridgehead atoms. The summed E-state index contributed by atoms with van der Waals surface area (Å²) in [6.07, 6.45) is 0. The SMILES string of the molecule is CNC(c1cc(I)ccc1Br)c1c(F)ccc(Br)c1F. The highest BCUT2D eigenvalue weighted by atomic mass is 127. The van der Waals surface area contributed by atoms with E-state index < -0.39 is 17.7 Å². The fourth-order valence-corrected chi connectivity index (χ4v) is 3.34. The third-order valence-electron chi connectivity index (χ3n) is 2.93. The third kappa shape index (κ3) is 3.23. The molecular formula is C14H10Br2F2IN. The lowest BCUT2D eigenvalue weighted by atomic mass is 9.98. The first kappa shape index (κ1) is 16.3. The maximum atomic E-state index is 14.3. The summed E-state index contributed by atoms with van der Waals surface area (Å²) in [6.45, 7) is 0. The van der Waals surface area contributed by atoms with Gasteiger partial charge in [0.1, 0.15) is 11.6 Å². The smallest absolute Gasteiger partial charge is 0.145 e. The molecule has 0 spiro atoms. The van der Waals surface area contributed by atoms with E-state index in [0.29, 0.717) is 0 Å². The van der Waals surface area contributed by atoms with Crippen LogP contribution < -0.4 is 5.32 Å². The van der Waals surface area contributed by atoms with Crippen LogP contribution in [0.15, 0.2) is 39.3 Å². The first-order valence-corrected chi connectivity index (χ1v) is 8.37. The second-order valence-electron chi connectivity index (χ2n) is 4.14. The van der Waals surface area contributed by atoms with E-state index in [9.17, 15) is 8.78 Å². The van der Waals surface area contributed by atoms with Crippen LogP contribution in [-0.2, 0) is 0 Å². The molecule has 6 heteroatoms. The van der Waals surface area contributed by atoms with Gasteiger partial charge >= 0.3 is 0 Å². The van der Waals surface area contributed by atoms with Crippen molar-refractivity contribution in [3.05, 3.63) is 65.6 Å². The van der Waals surface area contributed by atoms with E-state index in [1.807, 2.05) is 18.2 Å². The van der Waals surface area contributed by atoms with Crippen molar-refractivity contribution in [3.8, 4) is 0 Å². The van der Waals surface area contributed by atoms with E-state index in [2.05, 4.69) is 59.8 Å². The van der Waals surface area contributed by atoms with E-state index in [1.165, 1.54) is 12.1 Å². The molecule has 106 valence electrons. The summed E-state index contributed by atoms with van der Waals surface area (Å²) in [4.78, 5) is 0. The van der Waals surface area contributed by atoms with Crippen molar-refractivity contribution in [1.29, 1.82) is 0 Å². The van der Waals surface area contributed by atoms with Crippen LogP contribution in [0.4, 0.5) is 8.78 Å². The highest BCUT2D eigenvalue weighted by molar-refractivity contribution is 14.1. The highest BCUT2D eigenvalue weighted by Crippen LogP contribution is 2.34. The number of halogens is 5. The van der Waals surface area contributed by atoms with Crippen molar-refractivity contribution in [3.63, 3.8) is 0 Å². The molecule has 0 fully saturated rings. The van der Waals surface area contributed by atoms with Gasteiger partial charge in [0.15, 0.2) is 0 Å². The molecule has 20 heavy (non-hydrogen) atoms. The first-order chi connectivity index (χ1) is 9.45.